The molecule has 10 heteroatoms. The summed E-state index contributed by atoms with van der Waals surface area (Å²) in [4.78, 5) is 35.0. The molecule has 0 heterocycles. The van der Waals surface area contributed by atoms with Gasteiger partial charge in [0.25, 0.3) is 5.91 Å². The van der Waals surface area contributed by atoms with E-state index < -0.39 is 36.5 Å². The Morgan fingerprint density at radius 2 is 1.65 bits per heavy atom. The first-order valence-electron chi connectivity index (χ1n) is 7.77. The van der Waals surface area contributed by atoms with Gasteiger partial charge in [-0.2, -0.15) is 13.2 Å². The maximum Gasteiger partial charge on any atom is 0.405 e. The van der Waals surface area contributed by atoms with Crippen LogP contribution in [0.1, 0.15) is 24.2 Å². The SMILES string of the molecule is CC(C)[C@H](N)C(=O)NCC(=O)Nc1ccc(C(=O)NCC(F)(F)F)cc1. The first-order chi connectivity index (χ1) is 12.0. The summed E-state index contributed by atoms with van der Waals surface area (Å²) in [6.07, 6.45) is -4.49. The molecule has 7 nitrogen and oxygen atoms in total. The highest BCUT2D eigenvalue weighted by Crippen LogP contribution is 2.13. The van der Waals surface area contributed by atoms with Crippen LogP contribution in [0.4, 0.5) is 18.9 Å². The van der Waals surface area contributed by atoms with Gasteiger partial charge in [0, 0.05) is 11.3 Å². The van der Waals surface area contributed by atoms with Gasteiger partial charge in [-0.1, -0.05) is 13.8 Å². The molecule has 0 fully saturated rings. The third kappa shape index (κ3) is 7.51. The second-order valence-electron chi connectivity index (χ2n) is 5.91. The van der Waals surface area contributed by atoms with Gasteiger partial charge >= 0.3 is 6.18 Å². The summed E-state index contributed by atoms with van der Waals surface area (Å²) in [5.41, 5.74) is 5.98. The van der Waals surface area contributed by atoms with Crippen LogP contribution in [-0.2, 0) is 9.59 Å². The predicted octanol–water partition coefficient (Wildman–Crippen LogP) is 1.02. The van der Waals surface area contributed by atoms with Gasteiger partial charge in [0.15, 0.2) is 0 Å². The number of carbonyl (C=O) groups is 3. The summed E-state index contributed by atoms with van der Waals surface area (Å²) in [5, 5.41) is 6.62. The molecule has 0 aliphatic rings. The summed E-state index contributed by atoms with van der Waals surface area (Å²) in [6, 6.07) is 4.55. The van der Waals surface area contributed by atoms with Crippen LogP contribution in [0.3, 0.4) is 0 Å². The molecule has 0 bridgehead atoms. The van der Waals surface area contributed by atoms with E-state index in [0.717, 1.165) is 0 Å². The van der Waals surface area contributed by atoms with Crippen molar-refractivity contribution in [1.82, 2.24) is 10.6 Å². The zero-order valence-electron chi connectivity index (χ0n) is 14.3. The molecule has 26 heavy (non-hydrogen) atoms. The van der Waals surface area contributed by atoms with E-state index in [1.165, 1.54) is 24.3 Å². The molecule has 0 aliphatic carbocycles. The highest BCUT2D eigenvalue weighted by Gasteiger charge is 2.27. The summed E-state index contributed by atoms with van der Waals surface area (Å²) < 4.78 is 36.2. The largest absolute Gasteiger partial charge is 0.405 e. The third-order valence-electron chi connectivity index (χ3n) is 3.32. The van der Waals surface area contributed by atoms with E-state index >= 15 is 0 Å². The van der Waals surface area contributed by atoms with Gasteiger partial charge in [-0.15, -0.1) is 0 Å². The van der Waals surface area contributed by atoms with Gasteiger partial charge < -0.3 is 21.7 Å². The molecule has 1 aromatic rings. The van der Waals surface area contributed by atoms with Gasteiger partial charge in [-0.05, 0) is 30.2 Å². The van der Waals surface area contributed by atoms with E-state index in [1.54, 1.807) is 19.2 Å². The Morgan fingerprint density at radius 3 is 2.15 bits per heavy atom. The van der Waals surface area contributed by atoms with Gasteiger partial charge in [-0.3, -0.25) is 14.4 Å². The molecule has 1 aromatic carbocycles. The highest BCUT2D eigenvalue weighted by molar-refractivity contribution is 5.97. The fourth-order valence-electron chi connectivity index (χ4n) is 1.78. The highest BCUT2D eigenvalue weighted by atomic mass is 19.4. The molecule has 0 saturated heterocycles. The normalized spacial score (nSPS) is 12.4. The Balaban J connectivity index is 2.50. The lowest BCUT2D eigenvalue weighted by atomic mass is 10.1. The van der Waals surface area contributed by atoms with Crippen molar-refractivity contribution in [3.8, 4) is 0 Å². The van der Waals surface area contributed by atoms with E-state index in [0.29, 0.717) is 5.69 Å². The van der Waals surface area contributed by atoms with E-state index in [9.17, 15) is 27.6 Å². The van der Waals surface area contributed by atoms with E-state index in [4.69, 9.17) is 5.73 Å². The average molecular weight is 374 g/mol. The number of hydrogen-bond donors (Lipinski definition) is 4. The Bertz CT molecular complexity index is 645. The zero-order chi connectivity index (χ0) is 19.9. The molecule has 3 amide bonds. The first kappa shape index (κ1) is 21.4. The maximum absolute atomic E-state index is 12.1. The molecular weight excluding hydrogens is 353 g/mol. The fourth-order valence-corrected chi connectivity index (χ4v) is 1.78. The zero-order valence-corrected chi connectivity index (χ0v) is 14.3. The number of nitrogens with two attached hydrogens (primary N) is 1. The summed E-state index contributed by atoms with van der Waals surface area (Å²) in [7, 11) is 0. The Kier molecular flexibility index (Phi) is 7.56. The lowest BCUT2D eigenvalue weighted by Gasteiger charge is -2.15. The van der Waals surface area contributed by atoms with Gasteiger partial charge in [0.1, 0.15) is 6.54 Å². The quantitative estimate of drug-likeness (QED) is 0.571. The number of amides is 3. The molecule has 5 N–H and O–H groups in total. The number of nitrogens with one attached hydrogen (secondary N) is 3. The third-order valence-corrected chi connectivity index (χ3v) is 3.32. The van der Waals surface area contributed by atoms with Crippen molar-refractivity contribution in [2.75, 3.05) is 18.4 Å². The van der Waals surface area contributed by atoms with E-state index in [-0.39, 0.29) is 18.0 Å². The Labute approximate surface area is 148 Å². The lowest BCUT2D eigenvalue weighted by Crippen LogP contribution is -2.46. The molecule has 0 spiro atoms. The minimum Gasteiger partial charge on any atom is -0.346 e. The van der Waals surface area contributed by atoms with Crippen LogP contribution in [0.25, 0.3) is 0 Å². The van der Waals surface area contributed by atoms with E-state index in [1.807, 2.05) is 0 Å². The van der Waals surface area contributed by atoms with Crippen LogP contribution in [0.15, 0.2) is 24.3 Å². The number of alkyl halides is 3. The molecule has 1 atom stereocenters. The molecule has 144 valence electrons. The summed E-state index contributed by atoms with van der Waals surface area (Å²) in [6.45, 7) is 1.84. The van der Waals surface area contributed by atoms with E-state index in [2.05, 4.69) is 10.6 Å². The van der Waals surface area contributed by atoms with Crippen molar-refractivity contribution in [2.24, 2.45) is 11.7 Å². The van der Waals surface area contributed by atoms with Crippen LogP contribution >= 0.6 is 0 Å². The van der Waals surface area contributed by atoms with Crippen LogP contribution in [0.5, 0.6) is 0 Å². The molecular formula is C16H21F3N4O3. The Morgan fingerprint density at radius 1 is 1.08 bits per heavy atom. The molecule has 0 saturated carbocycles. The van der Waals surface area contributed by atoms with Crippen molar-refractivity contribution >= 4 is 23.4 Å². The average Bonchev–Trinajstić information content (AvgIpc) is 2.56. The van der Waals surface area contributed by atoms with Crippen LogP contribution in [0.2, 0.25) is 0 Å². The van der Waals surface area contributed by atoms with Crippen molar-refractivity contribution in [3.63, 3.8) is 0 Å². The lowest BCUT2D eigenvalue weighted by molar-refractivity contribution is -0.125. The molecule has 0 aliphatic heterocycles. The fraction of sp³-hybridized carbons (Fsp3) is 0.438. The first-order valence-corrected chi connectivity index (χ1v) is 7.77. The second kappa shape index (κ2) is 9.18. The summed E-state index contributed by atoms with van der Waals surface area (Å²) >= 11 is 0. The minimum absolute atomic E-state index is 0.0171. The van der Waals surface area contributed by atoms with Crippen molar-refractivity contribution in [1.29, 1.82) is 0 Å². The number of hydrogen-bond acceptors (Lipinski definition) is 4. The maximum atomic E-state index is 12.1. The van der Waals surface area contributed by atoms with Crippen molar-refractivity contribution in [2.45, 2.75) is 26.1 Å². The Hall–Kier alpha value is -2.62. The number of halogens is 3. The van der Waals surface area contributed by atoms with Crippen molar-refractivity contribution in [3.05, 3.63) is 29.8 Å². The number of carbonyl (C=O) groups excluding carboxylic acids is 3. The van der Waals surface area contributed by atoms with Crippen LogP contribution in [0, 0.1) is 5.92 Å². The smallest absolute Gasteiger partial charge is 0.346 e. The number of anilines is 1. The molecule has 0 unspecified atom stereocenters. The molecule has 0 aromatic heterocycles. The topological polar surface area (TPSA) is 113 Å². The van der Waals surface area contributed by atoms with Gasteiger partial charge in [0.05, 0.1) is 12.6 Å². The standard InChI is InChI=1S/C16H21F3N4O3/c1-9(2)13(20)15(26)21-7-12(24)23-11-5-3-10(4-6-11)14(25)22-8-16(17,18)19/h3-6,9,13H,7-8,20H2,1-2H3,(H,21,26)(H,22,25)(H,23,24)/t13-/m0/s1. The minimum atomic E-state index is -4.49. The molecule has 0 radical (unpaired) electrons. The van der Waals surface area contributed by atoms with Crippen LogP contribution < -0.4 is 21.7 Å². The molecule has 1 rings (SSSR count). The summed E-state index contributed by atoms with van der Waals surface area (Å²) in [5.74, 6) is -1.92. The van der Waals surface area contributed by atoms with Gasteiger partial charge in [-0.25, -0.2) is 0 Å². The second-order valence-corrected chi connectivity index (χ2v) is 5.91. The van der Waals surface area contributed by atoms with Gasteiger partial charge in [0.2, 0.25) is 11.8 Å². The monoisotopic (exact) mass is 374 g/mol. The number of rotatable bonds is 7. The predicted molar refractivity (Wildman–Crippen MR) is 89.3 cm³/mol. The van der Waals surface area contributed by atoms with Crippen LogP contribution in [-0.4, -0.2) is 43.0 Å². The number of benzene rings is 1. The van der Waals surface area contributed by atoms with Crippen molar-refractivity contribution < 1.29 is 27.6 Å².